The van der Waals surface area contributed by atoms with E-state index in [9.17, 15) is 28.3 Å². The van der Waals surface area contributed by atoms with Crippen LogP contribution in [0.5, 0.6) is 11.5 Å². The summed E-state index contributed by atoms with van der Waals surface area (Å²) in [4.78, 5) is 17.7. The minimum absolute atomic E-state index is 0.0144. The summed E-state index contributed by atoms with van der Waals surface area (Å²) < 4.78 is 44.1. The molecule has 3 aromatic rings. The predicted molar refractivity (Wildman–Crippen MR) is 112 cm³/mol. The molecule has 0 atom stereocenters. The number of hydrogen-bond donors (Lipinski definition) is 1. The fraction of sp³-hybridized carbons (Fsp3) is 0.136. The number of halogens is 4. The van der Waals surface area contributed by atoms with Gasteiger partial charge in [-0.15, -0.1) is 0 Å². The number of phenols is 1. The van der Waals surface area contributed by atoms with E-state index in [1.807, 2.05) is 0 Å². The molecule has 3 rings (SSSR count). The number of aromatic nitrogens is 1. The van der Waals surface area contributed by atoms with E-state index in [4.69, 9.17) is 16.3 Å². The zero-order valence-corrected chi connectivity index (χ0v) is 17.5. The van der Waals surface area contributed by atoms with Crippen LogP contribution in [0.15, 0.2) is 48.7 Å². The zero-order chi connectivity index (χ0) is 23.6. The Labute approximate surface area is 186 Å². The second kappa shape index (κ2) is 8.77. The van der Waals surface area contributed by atoms with E-state index in [-0.39, 0.29) is 27.3 Å². The number of ether oxygens (including phenoxy) is 1. The van der Waals surface area contributed by atoms with Crippen molar-refractivity contribution in [2.45, 2.75) is 6.18 Å². The summed E-state index contributed by atoms with van der Waals surface area (Å²) >= 11 is 6.18. The molecule has 1 heterocycles. The Morgan fingerprint density at radius 3 is 2.53 bits per heavy atom. The molecule has 1 N–H and O–H groups in total. The molecule has 1 aromatic heterocycles. The van der Waals surface area contributed by atoms with Crippen LogP contribution in [-0.2, 0) is 6.18 Å². The summed E-state index contributed by atoms with van der Waals surface area (Å²) in [5, 5.41) is 19.6. The highest BCUT2D eigenvalue weighted by Gasteiger charge is 2.33. The Bertz CT molecular complexity index is 1240. The molecule has 6 nitrogen and oxygen atoms in total. The lowest BCUT2D eigenvalue weighted by atomic mass is 9.98. The van der Waals surface area contributed by atoms with Gasteiger partial charge in [-0.3, -0.25) is 9.78 Å². The van der Waals surface area contributed by atoms with Crippen molar-refractivity contribution in [1.29, 1.82) is 5.26 Å². The molecule has 0 radical (unpaired) electrons. The molecule has 0 aliphatic heterocycles. The van der Waals surface area contributed by atoms with Gasteiger partial charge in [-0.1, -0.05) is 23.7 Å². The first-order valence-corrected chi connectivity index (χ1v) is 9.37. The minimum Gasteiger partial charge on any atom is -0.507 e. The molecule has 0 fully saturated rings. The maximum Gasteiger partial charge on any atom is 0.433 e. The molecule has 164 valence electrons. The zero-order valence-electron chi connectivity index (χ0n) is 16.7. The van der Waals surface area contributed by atoms with Crippen LogP contribution in [0.4, 0.5) is 18.9 Å². The highest BCUT2D eigenvalue weighted by Crippen LogP contribution is 2.38. The minimum atomic E-state index is -4.73. The summed E-state index contributed by atoms with van der Waals surface area (Å²) in [5.41, 5.74) is -1.28. The first-order valence-electron chi connectivity index (χ1n) is 8.99. The Morgan fingerprint density at radius 1 is 1.22 bits per heavy atom. The molecule has 1 amide bonds. The first-order chi connectivity index (χ1) is 15.1. The summed E-state index contributed by atoms with van der Waals surface area (Å²) in [7, 11) is 2.91. The van der Waals surface area contributed by atoms with Gasteiger partial charge in [0.15, 0.2) is 0 Å². The SMILES string of the molecule is COc1ccccc1N(C)C(=O)c1cc(-c2cnc(C(F)(F)F)cc2C#N)c(Cl)cc1O. The molecular weight excluding hydrogens is 447 g/mol. The standard InChI is InChI=1S/C22H15ClF3N3O3/c1-29(17-5-3-4-6-19(17)32-2)21(31)14-8-13(16(23)9-18(14)30)15-11-28-20(22(24,25)26)7-12(15)10-27/h3-9,11,30H,1-2H3. The normalized spacial score (nSPS) is 11.0. The lowest BCUT2D eigenvalue weighted by Crippen LogP contribution is -2.26. The van der Waals surface area contributed by atoms with Gasteiger partial charge in [-0.2, -0.15) is 18.4 Å². The van der Waals surface area contributed by atoms with E-state index in [2.05, 4.69) is 4.98 Å². The van der Waals surface area contributed by atoms with Gasteiger partial charge in [0, 0.05) is 24.4 Å². The molecule has 0 bridgehead atoms. The van der Waals surface area contributed by atoms with Crippen molar-refractivity contribution in [3.05, 3.63) is 70.5 Å². The van der Waals surface area contributed by atoms with Crippen molar-refractivity contribution in [3.8, 4) is 28.7 Å². The first kappa shape index (κ1) is 22.9. The van der Waals surface area contributed by atoms with E-state index >= 15 is 0 Å². The third kappa shape index (κ3) is 4.31. The van der Waals surface area contributed by atoms with Gasteiger partial charge < -0.3 is 14.7 Å². The lowest BCUT2D eigenvalue weighted by molar-refractivity contribution is -0.141. The number of carbonyl (C=O) groups excluding carboxylic acids is 1. The summed E-state index contributed by atoms with van der Waals surface area (Å²) in [6.45, 7) is 0. The number of phenolic OH excluding ortho intramolecular Hbond substituents is 1. The molecule has 0 aliphatic rings. The Morgan fingerprint density at radius 2 is 1.91 bits per heavy atom. The molecule has 0 saturated heterocycles. The average molecular weight is 462 g/mol. The maximum atomic E-state index is 13.1. The van der Waals surface area contributed by atoms with Gasteiger partial charge in [-0.25, -0.2) is 0 Å². The molecule has 0 spiro atoms. The van der Waals surface area contributed by atoms with Crippen LogP contribution >= 0.6 is 11.6 Å². The second-order valence-electron chi connectivity index (χ2n) is 6.61. The monoisotopic (exact) mass is 461 g/mol. The highest BCUT2D eigenvalue weighted by atomic mass is 35.5. The fourth-order valence-electron chi connectivity index (χ4n) is 3.05. The van der Waals surface area contributed by atoms with Gasteiger partial charge in [0.1, 0.15) is 17.2 Å². The Kier molecular flexibility index (Phi) is 6.27. The van der Waals surface area contributed by atoms with Crippen LogP contribution in [0.2, 0.25) is 5.02 Å². The number of aromatic hydroxyl groups is 1. The number of para-hydroxylation sites is 2. The number of methoxy groups -OCH3 is 1. The summed E-state index contributed by atoms with van der Waals surface area (Å²) in [6.07, 6.45) is -3.88. The van der Waals surface area contributed by atoms with Crippen LogP contribution in [-0.4, -0.2) is 30.2 Å². The number of amides is 1. The highest BCUT2D eigenvalue weighted by molar-refractivity contribution is 6.34. The lowest BCUT2D eigenvalue weighted by Gasteiger charge is -2.21. The Hall–Kier alpha value is -3.77. The fourth-order valence-corrected chi connectivity index (χ4v) is 3.31. The number of alkyl halides is 3. The Balaban J connectivity index is 2.11. The van der Waals surface area contributed by atoms with Gasteiger partial charge in [-0.05, 0) is 30.3 Å². The molecule has 32 heavy (non-hydrogen) atoms. The third-order valence-electron chi connectivity index (χ3n) is 4.67. The van der Waals surface area contributed by atoms with Crippen molar-refractivity contribution in [2.75, 3.05) is 19.1 Å². The number of nitriles is 1. The molecule has 10 heteroatoms. The number of carbonyl (C=O) groups is 1. The van der Waals surface area contributed by atoms with Crippen LogP contribution in [0, 0.1) is 11.3 Å². The van der Waals surface area contributed by atoms with Gasteiger partial charge in [0.2, 0.25) is 0 Å². The van der Waals surface area contributed by atoms with E-state index in [1.54, 1.807) is 30.3 Å². The van der Waals surface area contributed by atoms with Crippen molar-refractivity contribution in [1.82, 2.24) is 4.98 Å². The predicted octanol–water partition coefficient (Wildman–Crippen LogP) is 5.28. The number of rotatable bonds is 4. The quantitative estimate of drug-likeness (QED) is 0.571. The van der Waals surface area contributed by atoms with Crippen LogP contribution in [0.1, 0.15) is 21.6 Å². The molecule has 0 unspecified atom stereocenters. The van der Waals surface area contributed by atoms with Gasteiger partial charge in [0.25, 0.3) is 5.91 Å². The molecule has 2 aromatic carbocycles. The van der Waals surface area contributed by atoms with Crippen LogP contribution in [0.3, 0.4) is 0 Å². The van der Waals surface area contributed by atoms with Crippen molar-refractivity contribution >= 4 is 23.2 Å². The maximum absolute atomic E-state index is 13.1. The van der Waals surface area contributed by atoms with E-state index in [1.165, 1.54) is 25.1 Å². The van der Waals surface area contributed by atoms with E-state index < -0.39 is 23.5 Å². The molecular formula is C22H15ClF3N3O3. The number of nitrogens with zero attached hydrogens (tertiary/aromatic N) is 3. The van der Waals surface area contributed by atoms with Crippen molar-refractivity contribution < 1.29 is 27.8 Å². The van der Waals surface area contributed by atoms with Crippen molar-refractivity contribution in [2.24, 2.45) is 0 Å². The number of benzene rings is 2. The van der Waals surface area contributed by atoms with Crippen molar-refractivity contribution in [3.63, 3.8) is 0 Å². The number of pyridine rings is 1. The van der Waals surface area contributed by atoms with Crippen LogP contribution in [0.25, 0.3) is 11.1 Å². The van der Waals surface area contributed by atoms with Gasteiger partial charge in [0.05, 0.1) is 35.0 Å². The van der Waals surface area contributed by atoms with E-state index in [0.717, 1.165) is 12.3 Å². The summed E-state index contributed by atoms with van der Waals surface area (Å²) in [6, 6.07) is 11.3. The smallest absolute Gasteiger partial charge is 0.433 e. The second-order valence-corrected chi connectivity index (χ2v) is 7.02. The number of anilines is 1. The van der Waals surface area contributed by atoms with Crippen LogP contribution < -0.4 is 9.64 Å². The van der Waals surface area contributed by atoms with E-state index in [0.29, 0.717) is 17.5 Å². The topological polar surface area (TPSA) is 86.5 Å². The average Bonchev–Trinajstić information content (AvgIpc) is 2.77. The third-order valence-corrected chi connectivity index (χ3v) is 4.98. The summed E-state index contributed by atoms with van der Waals surface area (Å²) in [5.74, 6) is -0.664. The van der Waals surface area contributed by atoms with Gasteiger partial charge >= 0.3 is 6.18 Å². The number of hydrogen-bond acceptors (Lipinski definition) is 5. The molecule has 0 aliphatic carbocycles. The largest absolute Gasteiger partial charge is 0.507 e. The molecule has 0 saturated carbocycles.